The van der Waals surface area contributed by atoms with Gasteiger partial charge in [-0.3, -0.25) is 4.79 Å². The van der Waals surface area contributed by atoms with Crippen LogP contribution in [0, 0.1) is 6.92 Å². The van der Waals surface area contributed by atoms with Gasteiger partial charge in [-0.2, -0.15) is 0 Å². The highest BCUT2D eigenvalue weighted by Gasteiger charge is 2.17. The molecule has 15 heavy (non-hydrogen) atoms. The maximum atomic E-state index is 11.9. The van der Waals surface area contributed by atoms with Gasteiger partial charge in [-0.25, -0.2) is 0 Å². The number of rotatable bonds is 4. The zero-order valence-corrected chi connectivity index (χ0v) is 11.8. The summed E-state index contributed by atoms with van der Waals surface area (Å²) in [6.45, 7) is 1.91. The number of ether oxygens (including phenoxy) is 1. The van der Waals surface area contributed by atoms with Crippen LogP contribution in [0.25, 0.3) is 0 Å². The van der Waals surface area contributed by atoms with E-state index < -0.39 is 0 Å². The average Bonchev–Trinajstić information content (AvgIpc) is 2.26. The van der Waals surface area contributed by atoms with Crippen LogP contribution < -0.4 is 4.74 Å². The summed E-state index contributed by atoms with van der Waals surface area (Å²) in [4.78, 5) is 11.7. The SMILES string of the molecule is COc1ccc(C(=O)C(Br)CBr)c(C)c1. The van der Waals surface area contributed by atoms with Crippen LogP contribution in [0.1, 0.15) is 15.9 Å². The number of Topliss-reactive ketones (excluding diaryl/α,β-unsaturated/α-hetero) is 1. The number of methoxy groups -OCH3 is 1. The van der Waals surface area contributed by atoms with Crippen molar-refractivity contribution in [3.63, 3.8) is 0 Å². The maximum Gasteiger partial charge on any atom is 0.177 e. The molecular weight excluding hydrogens is 324 g/mol. The molecule has 1 rings (SSSR count). The highest BCUT2D eigenvalue weighted by molar-refractivity contribution is 9.12. The minimum atomic E-state index is -0.176. The van der Waals surface area contributed by atoms with E-state index in [1.807, 2.05) is 13.0 Å². The van der Waals surface area contributed by atoms with Crippen molar-refractivity contribution in [2.75, 3.05) is 12.4 Å². The van der Waals surface area contributed by atoms with Crippen LogP contribution in [-0.4, -0.2) is 23.1 Å². The quantitative estimate of drug-likeness (QED) is 0.623. The molecule has 0 spiro atoms. The highest BCUT2D eigenvalue weighted by Crippen LogP contribution is 2.20. The van der Waals surface area contributed by atoms with Gasteiger partial charge < -0.3 is 4.74 Å². The molecule has 0 aromatic heterocycles. The van der Waals surface area contributed by atoms with E-state index in [0.717, 1.165) is 16.9 Å². The minimum Gasteiger partial charge on any atom is -0.497 e. The smallest absolute Gasteiger partial charge is 0.177 e. The van der Waals surface area contributed by atoms with Gasteiger partial charge >= 0.3 is 0 Å². The normalized spacial score (nSPS) is 12.3. The topological polar surface area (TPSA) is 26.3 Å². The predicted molar refractivity (Wildman–Crippen MR) is 68.6 cm³/mol. The fourth-order valence-electron chi connectivity index (χ4n) is 1.28. The summed E-state index contributed by atoms with van der Waals surface area (Å²) in [6.07, 6.45) is 0. The summed E-state index contributed by atoms with van der Waals surface area (Å²) >= 11 is 6.59. The van der Waals surface area contributed by atoms with E-state index in [9.17, 15) is 4.79 Å². The van der Waals surface area contributed by atoms with Crippen LogP contribution in [0.2, 0.25) is 0 Å². The molecule has 0 N–H and O–H groups in total. The number of alkyl halides is 2. The van der Waals surface area contributed by atoms with E-state index >= 15 is 0 Å². The largest absolute Gasteiger partial charge is 0.497 e. The van der Waals surface area contributed by atoms with Gasteiger partial charge in [-0.15, -0.1) is 0 Å². The summed E-state index contributed by atoms with van der Waals surface area (Å²) in [6, 6.07) is 5.46. The molecule has 1 atom stereocenters. The number of halogens is 2. The molecule has 0 fully saturated rings. The molecule has 0 aliphatic rings. The standard InChI is InChI=1S/C11H12Br2O2/c1-7-5-8(15-2)3-4-9(7)11(14)10(13)6-12/h3-5,10H,6H2,1-2H3. The Kier molecular flexibility index (Phi) is 4.80. The Labute approximate surface area is 106 Å². The molecular formula is C11H12Br2O2. The number of hydrogen-bond donors (Lipinski definition) is 0. The highest BCUT2D eigenvalue weighted by atomic mass is 79.9. The van der Waals surface area contributed by atoms with E-state index in [2.05, 4.69) is 31.9 Å². The number of ketones is 1. The third kappa shape index (κ3) is 3.05. The first kappa shape index (κ1) is 12.7. The molecule has 0 saturated heterocycles. The second kappa shape index (κ2) is 5.66. The lowest BCUT2D eigenvalue weighted by Gasteiger charge is -2.09. The minimum absolute atomic E-state index is 0.0898. The molecule has 1 aromatic carbocycles. The molecule has 0 radical (unpaired) electrons. The molecule has 0 aliphatic heterocycles. The van der Waals surface area contributed by atoms with Crippen LogP contribution in [0.4, 0.5) is 0 Å². The zero-order valence-electron chi connectivity index (χ0n) is 8.59. The molecule has 0 heterocycles. The van der Waals surface area contributed by atoms with Gasteiger partial charge in [0.25, 0.3) is 0 Å². The third-order valence-corrected chi connectivity index (χ3v) is 4.37. The fraction of sp³-hybridized carbons (Fsp3) is 0.364. The number of hydrogen-bond acceptors (Lipinski definition) is 2. The number of aryl methyl sites for hydroxylation is 1. The zero-order chi connectivity index (χ0) is 11.4. The van der Waals surface area contributed by atoms with Crippen molar-refractivity contribution < 1.29 is 9.53 Å². The number of benzene rings is 1. The first-order valence-electron chi connectivity index (χ1n) is 4.49. The second-order valence-corrected chi connectivity index (χ2v) is 4.92. The first-order valence-corrected chi connectivity index (χ1v) is 6.52. The van der Waals surface area contributed by atoms with E-state index in [0.29, 0.717) is 5.33 Å². The summed E-state index contributed by atoms with van der Waals surface area (Å²) in [5, 5.41) is 0.608. The summed E-state index contributed by atoms with van der Waals surface area (Å²) < 4.78 is 5.08. The molecule has 4 heteroatoms. The van der Waals surface area contributed by atoms with Crippen LogP contribution in [0.5, 0.6) is 5.75 Å². The van der Waals surface area contributed by atoms with Crippen molar-refractivity contribution in [3.05, 3.63) is 29.3 Å². The van der Waals surface area contributed by atoms with Crippen molar-refractivity contribution in [1.82, 2.24) is 0 Å². The number of carbonyl (C=O) groups is 1. The van der Waals surface area contributed by atoms with E-state index in [1.165, 1.54) is 0 Å². The van der Waals surface area contributed by atoms with E-state index in [-0.39, 0.29) is 10.6 Å². The molecule has 0 amide bonds. The van der Waals surface area contributed by atoms with Gasteiger partial charge in [0.05, 0.1) is 11.9 Å². The third-order valence-electron chi connectivity index (χ3n) is 2.12. The van der Waals surface area contributed by atoms with Gasteiger partial charge in [0.2, 0.25) is 0 Å². The second-order valence-electron chi connectivity index (χ2n) is 3.17. The molecule has 0 bridgehead atoms. The maximum absolute atomic E-state index is 11.9. The van der Waals surface area contributed by atoms with Crippen LogP contribution in [-0.2, 0) is 0 Å². The molecule has 2 nitrogen and oxygen atoms in total. The van der Waals surface area contributed by atoms with Gasteiger partial charge in [-0.05, 0) is 30.7 Å². The lowest BCUT2D eigenvalue weighted by molar-refractivity contribution is 0.0997. The Hall–Kier alpha value is -0.350. The summed E-state index contributed by atoms with van der Waals surface area (Å²) in [5.41, 5.74) is 1.67. The average molecular weight is 336 g/mol. The van der Waals surface area contributed by atoms with Gasteiger partial charge in [-0.1, -0.05) is 31.9 Å². The lowest BCUT2D eigenvalue weighted by atomic mass is 10.0. The van der Waals surface area contributed by atoms with Crippen molar-refractivity contribution in [1.29, 1.82) is 0 Å². The van der Waals surface area contributed by atoms with E-state index in [1.54, 1.807) is 19.2 Å². The number of carbonyl (C=O) groups excluding carboxylic acids is 1. The van der Waals surface area contributed by atoms with Crippen molar-refractivity contribution in [3.8, 4) is 5.75 Å². The Morgan fingerprint density at radius 2 is 2.20 bits per heavy atom. The Morgan fingerprint density at radius 3 is 2.67 bits per heavy atom. The summed E-state index contributed by atoms with van der Waals surface area (Å²) in [5.74, 6) is 0.862. The van der Waals surface area contributed by atoms with Gasteiger partial charge in [0.15, 0.2) is 5.78 Å². The van der Waals surface area contributed by atoms with Crippen LogP contribution in [0.3, 0.4) is 0 Å². The Balaban J connectivity index is 3.00. The lowest BCUT2D eigenvalue weighted by Crippen LogP contribution is -2.16. The Bertz CT molecular complexity index is 364. The van der Waals surface area contributed by atoms with Crippen molar-refractivity contribution in [2.24, 2.45) is 0 Å². The molecule has 82 valence electrons. The first-order chi connectivity index (χ1) is 7.10. The molecule has 0 aliphatic carbocycles. The van der Waals surface area contributed by atoms with Gasteiger partial charge in [0, 0.05) is 10.9 Å². The van der Waals surface area contributed by atoms with E-state index in [4.69, 9.17) is 4.74 Å². The van der Waals surface area contributed by atoms with Crippen LogP contribution in [0.15, 0.2) is 18.2 Å². The molecule has 1 aromatic rings. The van der Waals surface area contributed by atoms with Crippen molar-refractivity contribution in [2.45, 2.75) is 11.8 Å². The monoisotopic (exact) mass is 334 g/mol. The molecule has 0 saturated carbocycles. The fourth-order valence-corrected chi connectivity index (χ4v) is 1.82. The van der Waals surface area contributed by atoms with Crippen molar-refractivity contribution >= 4 is 37.6 Å². The van der Waals surface area contributed by atoms with Crippen LogP contribution >= 0.6 is 31.9 Å². The predicted octanol–water partition coefficient (Wildman–Crippen LogP) is 3.34. The Morgan fingerprint density at radius 1 is 1.53 bits per heavy atom. The summed E-state index contributed by atoms with van der Waals surface area (Å²) in [7, 11) is 1.61. The molecule has 1 unspecified atom stereocenters. The van der Waals surface area contributed by atoms with Gasteiger partial charge in [0.1, 0.15) is 5.75 Å².